The zero-order valence-electron chi connectivity index (χ0n) is 8.56. The van der Waals surface area contributed by atoms with Crippen molar-refractivity contribution in [3.8, 4) is 0 Å². The number of rotatable bonds is 1. The molecule has 0 aromatic heterocycles. The first-order chi connectivity index (χ1) is 5.94. The maximum Gasteiger partial charge on any atom is 0.301 e. The third kappa shape index (κ3) is 1.45. The van der Waals surface area contributed by atoms with E-state index in [-0.39, 0.29) is 0 Å². The molecule has 0 aromatic carbocycles. The quantitative estimate of drug-likeness (QED) is 0.632. The van der Waals surface area contributed by atoms with E-state index in [4.69, 9.17) is 0 Å². The van der Waals surface area contributed by atoms with Crippen molar-refractivity contribution in [3.05, 3.63) is 0 Å². The van der Waals surface area contributed by atoms with Crippen LogP contribution < -0.4 is 0 Å². The van der Waals surface area contributed by atoms with Gasteiger partial charge in [-0.25, -0.2) is 0 Å². The molecule has 0 spiro atoms. The summed E-state index contributed by atoms with van der Waals surface area (Å²) in [5.41, 5.74) is 0.630. The van der Waals surface area contributed by atoms with Crippen molar-refractivity contribution in [2.24, 2.45) is 23.2 Å². The van der Waals surface area contributed by atoms with Crippen molar-refractivity contribution in [1.82, 2.24) is 0 Å². The van der Waals surface area contributed by atoms with Gasteiger partial charge in [0.15, 0.2) is 0 Å². The van der Waals surface area contributed by atoms with Gasteiger partial charge >= 0.3 is 4.36 Å². The summed E-state index contributed by atoms with van der Waals surface area (Å²) in [6, 6.07) is 0. The van der Waals surface area contributed by atoms with Gasteiger partial charge in [-0.3, -0.25) is 0 Å². The van der Waals surface area contributed by atoms with E-state index in [2.05, 4.69) is 52.3 Å². The second-order valence-electron chi connectivity index (χ2n) is 5.45. The van der Waals surface area contributed by atoms with Crippen molar-refractivity contribution in [3.63, 3.8) is 0 Å². The third-order valence-corrected chi connectivity index (χ3v) is 6.09. The molecule has 2 bridgehead atoms. The average molecular weight is 308 g/mol. The van der Waals surface area contributed by atoms with E-state index < -0.39 is 0 Å². The second kappa shape index (κ2) is 3.26. The van der Waals surface area contributed by atoms with Gasteiger partial charge in [-0.15, -0.1) is 31.5 Å². The molecular formula is C10H17BBr2. The topological polar surface area (TPSA) is 0 Å². The molecule has 3 rings (SSSR count). The lowest BCUT2D eigenvalue weighted by molar-refractivity contribution is -0.0982. The fourth-order valence-corrected chi connectivity index (χ4v) is 4.92. The zero-order valence-corrected chi connectivity index (χ0v) is 11.7. The number of hydrogen-bond donors (Lipinski definition) is 0. The zero-order chi connectivity index (χ0) is 9.80. The smallest absolute Gasteiger partial charge is 0.139 e. The Kier molecular flexibility index (Phi) is 2.65. The second-order valence-corrected chi connectivity index (χ2v) is 8.66. The molecule has 13 heavy (non-hydrogen) atoms. The summed E-state index contributed by atoms with van der Waals surface area (Å²) in [6.07, 6.45) is 2.89. The van der Waals surface area contributed by atoms with E-state index in [1.165, 1.54) is 12.8 Å². The summed E-state index contributed by atoms with van der Waals surface area (Å²) in [4.78, 5) is 0. The number of fused-ring (bicyclic) bond motifs is 2. The van der Waals surface area contributed by atoms with E-state index in [1.807, 2.05) is 0 Å². The van der Waals surface area contributed by atoms with Gasteiger partial charge in [0.05, 0.1) is 0 Å². The molecule has 74 valence electrons. The molecule has 0 aliphatic heterocycles. The van der Waals surface area contributed by atoms with Crippen LogP contribution in [0.1, 0.15) is 33.6 Å². The molecule has 0 saturated heterocycles. The SMILES string of the molecule is C[C@@H]1[C@H]2C[C@@H](C[C@H]1B(Br)Br)C2(C)C. The first-order valence-corrected chi connectivity index (χ1v) is 7.06. The van der Waals surface area contributed by atoms with Crippen LogP contribution in [0, 0.1) is 23.2 Å². The summed E-state index contributed by atoms with van der Waals surface area (Å²) >= 11 is 7.36. The minimum absolute atomic E-state index is 0.524. The molecule has 0 heterocycles. The van der Waals surface area contributed by atoms with Crippen LogP contribution in [0.5, 0.6) is 0 Å². The Hall–Kier alpha value is 1.02. The van der Waals surface area contributed by atoms with Crippen molar-refractivity contribution in [1.29, 1.82) is 0 Å². The molecule has 0 N–H and O–H groups in total. The van der Waals surface area contributed by atoms with Crippen molar-refractivity contribution in [2.75, 3.05) is 0 Å². The van der Waals surface area contributed by atoms with Gasteiger partial charge in [0.1, 0.15) is 0 Å². The van der Waals surface area contributed by atoms with Gasteiger partial charge in [0.25, 0.3) is 0 Å². The molecule has 0 nitrogen and oxygen atoms in total. The Morgan fingerprint density at radius 3 is 2.23 bits per heavy atom. The summed E-state index contributed by atoms with van der Waals surface area (Å²) in [6.45, 7) is 7.34. The van der Waals surface area contributed by atoms with E-state index in [9.17, 15) is 0 Å². The molecule has 0 radical (unpaired) electrons. The summed E-state index contributed by atoms with van der Waals surface area (Å²) < 4.78 is 0.524. The van der Waals surface area contributed by atoms with Gasteiger partial charge < -0.3 is 0 Å². The fraction of sp³-hybridized carbons (Fsp3) is 1.00. The lowest BCUT2D eigenvalue weighted by Crippen LogP contribution is -2.54. The number of halogens is 2. The Balaban J connectivity index is 2.12. The van der Waals surface area contributed by atoms with Crippen LogP contribution >= 0.6 is 31.5 Å². The van der Waals surface area contributed by atoms with Crippen molar-refractivity contribution < 1.29 is 0 Å². The third-order valence-electron chi connectivity index (χ3n) is 4.74. The molecule has 3 heteroatoms. The molecule has 3 fully saturated rings. The summed E-state index contributed by atoms with van der Waals surface area (Å²) in [7, 11) is 0. The van der Waals surface area contributed by atoms with Crippen LogP contribution in [-0.2, 0) is 0 Å². The van der Waals surface area contributed by atoms with Crippen LogP contribution in [-0.4, -0.2) is 4.36 Å². The predicted molar refractivity (Wildman–Crippen MR) is 66.5 cm³/mol. The molecule has 4 atom stereocenters. The van der Waals surface area contributed by atoms with Gasteiger partial charge in [0, 0.05) is 0 Å². The highest BCUT2D eigenvalue weighted by atomic mass is 79.9. The minimum Gasteiger partial charge on any atom is -0.139 e. The standard InChI is InChI=1S/C10H17BBr2/c1-6-8-4-7(10(8,2)3)5-9(6)11(12)13/h6-9H,4-5H2,1-3H3/t6-,7+,8-,9-/m1/s1. The molecule has 3 aliphatic rings. The highest BCUT2D eigenvalue weighted by Crippen LogP contribution is 2.65. The monoisotopic (exact) mass is 306 g/mol. The maximum atomic E-state index is 3.68. The average Bonchev–Trinajstić information content (AvgIpc) is 2.02. The highest BCUT2D eigenvalue weighted by molar-refractivity contribution is 9.49. The highest BCUT2D eigenvalue weighted by Gasteiger charge is 2.57. The Bertz CT molecular complexity index is 213. The van der Waals surface area contributed by atoms with Crippen LogP contribution in [0.25, 0.3) is 0 Å². The van der Waals surface area contributed by atoms with Gasteiger partial charge in [-0.05, 0) is 35.4 Å². The minimum atomic E-state index is 0.524. The molecule has 3 saturated carbocycles. The molecule has 3 aliphatic carbocycles. The normalized spacial score (nSPS) is 46.8. The number of hydrogen-bond acceptors (Lipinski definition) is 0. The van der Waals surface area contributed by atoms with E-state index in [0.29, 0.717) is 9.78 Å². The first-order valence-electron chi connectivity index (χ1n) is 5.22. The Labute approximate surface area is 98.3 Å². The van der Waals surface area contributed by atoms with E-state index >= 15 is 0 Å². The van der Waals surface area contributed by atoms with Gasteiger partial charge in [-0.2, -0.15) is 0 Å². The predicted octanol–water partition coefficient (Wildman–Crippen LogP) is 4.34. The van der Waals surface area contributed by atoms with Crippen LogP contribution in [0.3, 0.4) is 0 Å². The summed E-state index contributed by atoms with van der Waals surface area (Å²) in [5.74, 6) is 3.67. The van der Waals surface area contributed by atoms with E-state index in [0.717, 1.165) is 23.6 Å². The van der Waals surface area contributed by atoms with Crippen molar-refractivity contribution in [2.45, 2.75) is 39.4 Å². The van der Waals surface area contributed by atoms with Crippen LogP contribution in [0.2, 0.25) is 5.82 Å². The largest absolute Gasteiger partial charge is 0.301 e. The lowest BCUT2D eigenvalue weighted by Gasteiger charge is -2.62. The van der Waals surface area contributed by atoms with Crippen molar-refractivity contribution >= 4 is 35.9 Å². The fourth-order valence-electron chi connectivity index (χ4n) is 3.52. The van der Waals surface area contributed by atoms with E-state index in [1.54, 1.807) is 0 Å². The summed E-state index contributed by atoms with van der Waals surface area (Å²) in [5, 5.41) is 0. The maximum absolute atomic E-state index is 3.68. The van der Waals surface area contributed by atoms with Crippen LogP contribution in [0.15, 0.2) is 0 Å². The Morgan fingerprint density at radius 2 is 1.85 bits per heavy atom. The molecule has 0 unspecified atom stereocenters. The lowest BCUT2D eigenvalue weighted by atomic mass is 9.41. The molecular weight excluding hydrogens is 291 g/mol. The molecule has 0 aromatic rings. The van der Waals surface area contributed by atoms with Crippen LogP contribution in [0.4, 0.5) is 0 Å². The molecule has 0 amide bonds. The van der Waals surface area contributed by atoms with Gasteiger partial charge in [0.2, 0.25) is 0 Å². The van der Waals surface area contributed by atoms with Gasteiger partial charge in [-0.1, -0.05) is 27.2 Å². The first kappa shape index (κ1) is 10.5. The Morgan fingerprint density at radius 1 is 1.23 bits per heavy atom.